The highest BCUT2D eigenvalue weighted by molar-refractivity contribution is 6.29. The van der Waals surface area contributed by atoms with Crippen LogP contribution >= 0.6 is 11.6 Å². The summed E-state index contributed by atoms with van der Waals surface area (Å²) in [5.41, 5.74) is 10.1. The highest BCUT2D eigenvalue weighted by Gasteiger charge is 2.18. The van der Waals surface area contributed by atoms with Gasteiger partial charge in [-0.15, -0.1) is 0 Å². The van der Waals surface area contributed by atoms with E-state index in [1.54, 1.807) is 6.07 Å². The number of hydrogen-bond acceptors (Lipinski definition) is 4. The van der Waals surface area contributed by atoms with E-state index in [9.17, 15) is 0 Å². The molecule has 2 heterocycles. The van der Waals surface area contributed by atoms with Gasteiger partial charge in [0.25, 0.3) is 0 Å². The molecule has 104 valence electrons. The summed E-state index contributed by atoms with van der Waals surface area (Å²) in [6.07, 6.45) is 2.20. The van der Waals surface area contributed by atoms with E-state index in [0.717, 1.165) is 36.6 Å². The highest BCUT2D eigenvalue weighted by atomic mass is 35.5. The lowest BCUT2D eigenvalue weighted by atomic mass is 10.0. The van der Waals surface area contributed by atoms with Crippen molar-refractivity contribution in [3.05, 3.63) is 46.5 Å². The van der Waals surface area contributed by atoms with Crippen LogP contribution in [0, 0.1) is 6.92 Å². The zero-order valence-electron chi connectivity index (χ0n) is 11.4. The number of hydrogen-bond donors (Lipinski definition) is 1. The molecular formula is C15H17ClN4. The molecule has 0 radical (unpaired) electrons. The fourth-order valence-corrected chi connectivity index (χ4v) is 2.94. The molecule has 0 unspecified atom stereocenters. The zero-order chi connectivity index (χ0) is 14.1. The number of benzene rings is 1. The van der Waals surface area contributed by atoms with Crippen molar-refractivity contribution in [2.45, 2.75) is 26.3 Å². The molecular weight excluding hydrogens is 272 g/mol. The Balaban J connectivity index is 1.89. The lowest BCUT2D eigenvalue weighted by Gasteiger charge is -2.31. The van der Waals surface area contributed by atoms with Crippen LogP contribution in [-0.2, 0) is 13.0 Å². The van der Waals surface area contributed by atoms with Gasteiger partial charge in [-0.1, -0.05) is 11.6 Å². The SMILES string of the molecule is Cc1cc(Cl)nc(CN2CCCc3cc(N)ccc32)n1. The van der Waals surface area contributed by atoms with Crippen LogP contribution in [0.2, 0.25) is 5.15 Å². The quantitative estimate of drug-likeness (QED) is 0.682. The number of nitrogens with zero attached hydrogens (tertiary/aromatic N) is 3. The van der Waals surface area contributed by atoms with Gasteiger partial charge < -0.3 is 10.6 Å². The van der Waals surface area contributed by atoms with Gasteiger partial charge in [-0.2, -0.15) is 0 Å². The summed E-state index contributed by atoms with van der Waals surface area (Å²) in [5.74, 6) is 0.764. The van der Waals surface area contributed by atoms with Crippen LogP contribution in [0.4, 0.5) is 11.4 Å². The van der Waals surface area contributed by atoms with Crippen molar-refractivity contribution in [1.29, 1.82) is 0 Å². The number of fused-ring (bicyclic) bond motifs is 1. The van der Waals surface area contributed by atoms with E-state index >= 15 is 0 Å². The molecule has 2 aromatic rings. The van der Waals surface area contributed by atoms with Gasteiger partial charge in [-0.05, 0) is 49.6 Å². The molecule has 4 nitrogen and oxygen atoms in total. The van der Waals surface area contributed by atoms with Crippen LogP contribution < -0.4 is 10.6 Å². The number of anilines is 2. The van der Waals surface area contributed by atoms with Crippen molar-refractivity contribution >= 4 is 23.0 Å². The van der Waals surface area contributed by atoms with E-state index in [-0.39, 0.29) is 0 Å². The van der Waals surface area contributed by atoms with Crippen molar-refractivity contribution in [3.63, 3.8) is 0 Å². The van der Waals surface area contributed by atoms with Crippen LogP contribution in [0.3, 0.4) is 0 Å². The van der Waals surface area contributed by atoms with Crippen LogP contribution in [0.1, 0.15) is 23.5 Å². The second-order valence-electron chi connectivity index (χ2n) is 5.16. The average molecular weight is 289 g/mol. The summed E-state index contributed by atoms with van der Waals surface area (Å²) in [6, 6.07) is 7.87. The fraction of sp³-hybridized carbons (Fsp3) is 0.333. The van der Waals surface area contributed by atoms with E-state index in [0.29, 0.717) is 11.7 Å². The predicted molar refractivity (Wildman–Crippen MR) is 82.0 cm³/mol. The second-order valence-corrected chi connectivity index (χ2v) is 5.55. The maximum Gasteiger partial charge on any atom is 0.149 e. The Hall–Kier alpha value is -1.81. The number of nitrogens with two attached hydrogens (primary N) is 1. The summed E-state index contributed by atoms with van der Waals surface area (Å²) < 4.78 is 0. The molecule has 0 atom stereocenters. The Kier molecular flexibility index (Phi) is 3.49. The van der Waals surface area contributed by atoms with Crippen molar-refractivity contribution in [2.75, 3.05) is 17.2 Å². The minimum Gasteiger partial charge on any atom is -0.399 e. The van der Waals surface area contributed by atoms with E-state index in [4.69, 9.17) is 17.3 Å². The molecule has 0 spiro atoms. The summed E-state index contributed by atoms with van der Waals surface area (Å²) >= 11 is 6.00. The smallest absolute Gasteiger partial charge is 0.149 e. The Bertz CT molecular complexity index is 622. The molecule has 0 saturated heterocycles. The fourth-order valence-electron chi connectivity index (χ4n) is 2.69. The molecule has 0 saturated carbocycles. The van der Waals surface area contributed by atoms with Crippen molar-refractivity contribution < 1.29 is 0 Å². The van der Waals surface area contributed by atoms with Gasteiger partial charge in [-0.3, -0.25) is 0 Å². The van der Waals surface area contributed by atoms with Crippen LogP contribution in [0.15, 0.2) is 24.3 Å². The van der Waals surface area contributed by atoms with Crippen molar-refractivity contribution in [3.8, 4) is 0 Å². The normalized spacial score (nSPS) is 14.2. The summed E-state index contributed by atoms with van der Waals surface area (Å²) in [4.78, 5) is 11.1. The second kappa shape index (κ2) is 5.29. The van der Waals surface area contributed by atoms with Crippen molar-refractivity contribution in [1.82, 2.24) is 9.97 Å². The number of halogens is 1. The van der Waals surface area contributed by atoms with Gasteiger partial charge in [0.2, 0.25) is 0 Å². The van der Waals surface area contributed by atoms with E-state index in [1.807, 2.05) is 13.0 Å². The molecule has 1 aromatic carbocycles. The molecule has 2 N–H and O–H groups in total. The largest absolute Gasteiger partial charge is 0.399 e. The molecule has 1 aromatic heterocycles. The van der Waals surface area contributed by atoms with E-state index in [2.05, 4.69) is 27.0 Å². The van der Waals surface area contributed by atoms with Gasteiger partial charge in [0.05, 0.1) is 6.54 Å². The van der Waals surface area contributed by atoms with Gasteiger partial charge in [0.1, 0.15) is 11.0 Å². The summed E-state index contributed by atoms with van der Waals surface area (Å²) in [5, 5.41) is 0.502. The predicted octanol–water partition coefficient (Wildman–Crippen LogP) is 2.97. The van der Waals surface area contributed by atoms with Crippen LogP contribution in [0.5, 0.6) is 0 Å². The van der Waals surface area contributed by atoms with E-state index in [1.165, 1.54) is 11.3 Å². The molecule has 1 aliphatic rings. The van der Waals surface area contributed by atoms with Gasteiger partial charge in [0, 0.05) is 23.6 Å². The number of aryl methyl sites for hydroxylation is 2. The third-order valence-corrected chi connectivity index (χ3v) is 3.71. The summed E-state index contributed by atoms with van der Waals surface area (Å²) in [7, 11) is 0. The first-order valence-corrected chi connectivity index (χ1v) is 7.13. The standard InChI is InChI=1S/C15H17ClN4/c1-10-7-14(16)19-15(18-10)9-20-6-2-3-11-8-12(17)4-5-13(11)20/h4-5,7-8H,2-3,6,9,17H2,1H3. The maximum atomic E-state index is 6.00. The topological polar surface area (TPSA) is 55.0 Å². The number of aromatic nitrogens is 2. The molecule has 0 fully saturated rings. The first-order valence-electron chi connectivity index (χ1n) is 6.75. The first-order chi connectivity index (χ1) is 9.61. The molecule has 0 amide bonds. The maximum absolute atomic E-state index is 6.00. The summed E-state index contributed by atoms with van der Waals surface area (Å²) in [6.45, 7) is 3.62. The molecule has 20 heavy (non-hydrogen) atoms. The third-order valence-electron chi connectivity index (χ3n) is 3.52. The van der Waals surface area contributed by atoms with Crippen molar-refractivity contribution in [2.24, 2.45) is 0 Å². The van der Waals surface area contributed by atoms with Crippen LogP contribution in [-0.4, -0.2) is 16.5 Å². The molecule has 0 aliphatic carbocycles. The van der Waals surface area contributed by atoms with Gasteiger partial charge in [-0.25, -0.2) is 9.97 Å². The monoisotopic (exact) mass is 288 g/mol. The molecule has 3 rings (SSSR count). The lowest BCUT2D eigenvalue weighted by molar-refractivity contribution is 0.672. The van der Waals surface area contributed by atoms with E-state index < -0.39 is 0 Å². The Labute approximate surface area is 123 Å². The van der Waals surface area contributed by atoms with Crippen LogP contribution in [0.25, 0.3) is 0 Å². The highest BCUT2D eigenvalue weighted by Crippen LogP contribution is 2.29. The molecule has 1 aliphatic heterocycles. The minimum atomic E-state index is 0.502. The molecule has 5 heteroatoms. The Morgan fingerprint density at radius 1 is 1.30 bits per heavy atom. The third kappa shape index (κ3) is 2.70. The number of rotatable bonds is 2. The minimum absolute atomic E-state index is 0.502. The van der Waals surface area contributed by atoms with Gasteiger partial charge >= 0.3 is 0 Å². The first kappa shape index (κ1) is 13.2. The zero-order valence-corrected chi connectivity index (χ0v) is 12.2. The lowest BCUT2D eigenvalue weighted by Crippen LogP contribution is -2.29. The Morgan fingerprint density at radius 2 is 2.15 bits per heavy atom. The molecule has 0 bridgehead atoms. The Morgan fingerprint density at radius 3 is 2.95 bits per heavy atom. The van der Waals surface area contributed by atoms with Gasteiger partial charge in [0.15, 0.2) is 0 Å². The number of nitrogen functional groups attached to an aromatic ring is 1. The average Bonchev–Trinajstić information content (AvgIpc) is 2.37.